The van der Waals surface area contributed by atoms with E-state index in [9.17, 15) is 0 Å². The van der Waals surface area contributed by atoms with Gasteiger partial charge in [0.25, 0.3) is 0 Å². The van der Waals surface area contributed by atoms with Crippen LogP contribution in [0.2, 0.25) is 0 Å². The lowest BCUT2D eigenvalue weighted by atomic mass is 9.81. The number of aryl methyl sites for hydroxylation is 1. The summed E-state index contributed by atoms with van der Waals surface area (Å²) in [6, 6.07) is 6.74. The Hall–Kier alpha value is -1.35. The van der Waals surface area contributed by atoms with E-state index < -0.39 is 0 Å². The van der Waals surface area contributed by atoms with Gasteiger partial charge in [0.05, 0.1) is 5.69 Å². The van der Waals surface area contributed by atoms with Crippen molar-refractivity contribution in [2.75, 3.05) is 25.4 Å². The molecule has 0 N–H and O–H groups in total. The van der Waals surface area contributed by atoms with E-state index in [2.05, 4.69) is 54.2 Å². The van der Waals surface area contributed by atoms with Gasteiger partial charge in [0.15, 0.2) is 17.3 Å². The first-order valence-electron chi connectivity index (χ1n) is 10.5. The molecule has 0 saturated carbocycles. The summed E-state index contributed by atoms with van der Waals surface area (Å²) in [6.45, 7) is 5.46. The molecule has 1 saturated heterocycles. The molecule has 3 aromatic rings. The highest BCUT2D eigenvalue weighted by Crippen LogP contribution is 2.47. The molecule has 1 aromatic carbocycles. The number of benzene rings is 1. The molecule has 3 heterocycles. The number of rotatable bonds is 6. The van der Waals surface area contributed by atoms with Crippen LogP contribution in [0.1, 0.15) is 36.1 Å². The zero-order valence-electron chi connectivity index (χ0n) is 17.8. The van der Waals surface area contributed by atoms with Crippen molar-refractivity contribution in [2.45, 2.75) is 43.2 Å². The van der Waals surface area contributed by atoms with E-state index in [1.54, 1.807) is 17.3 Å². The second kappa shape index (κ2) is 9.25. The number of halogens is 2. The molecule has 2 aromatic heterocycles. The molecule has 1 spiro atoms. The Bertz CT molecular complexity index is 1070. The molecule has 1 aliphatic heterocycles. The largest absolute Gasteiger partial charge is 0.440 e. The fourth-order valence-electron chi connectivity index (χ4n) is 4.99. The highest BCUT2D eigenvalue weighted by molar-refractivity contribution is 9.10. The Labute approximate surface area is 201 Å². The number of hydrogen-bond acceptors (Lipinski definition) is 6. The van der Waals surface area contributed by atoms with E-state index in [0.717, 1.165) is 35.4 Å². The Balaban J connectivity index is 0.00000231. The number of aromatic nitrogens is 4. The van der Waals surface area contributed by atoms with E-state index in [4.69, 9.17) is 4.42 Å². The van der Waals surface area contributed by atoms with Crippen molar-refractivity contribution in [3.63, 3.8) is 0 Å². The van der Waals surface area contributed by atoms with Gasteiger partial charge < -0.3 is 13.9 Å². The number of likely N-dealkylation sites (tertiary alicyclic amines) is 1. The third-order valence-corrected chi connectivity index (χ3v) is 8.46. The lowest BCUT2D eigenvalue weighted by Gasteiger charge is -2.25. The van der Waals surface area contributed by atoms with Gasteiger partial charge in [-0.05, 0) is 62.9 Å². The van der Waals surface area contributed by atoms with Crippen molar-refractivity contribution in [2.24, 2.45) is 7.05 Å². The topological polar surface area (TPSA) is 60.0 Å². The van der Waals surface area contributed by atoms with Crippen molar-refractivity contribution in [3.8, 4) is 11.6 Å². The predicted octanol–water partition coefficient (Wildman–Crippen LogP) is 5.03. The monoisotopic (exact) mass is 523 g/mol. The average molecular weight is 525 g/mol. The highest BCUT2D eigenvalue weighted by Gasteiger charge is 2.44. The van der Waals surface area contributed by atoms with Gasteiger partial charge in [-0.15, -0.1) is 22.6 Å². The van der Waals surface area contributed by atoms with Crippen LogP contribution >= 0.6 is 40.1 Å². The van der Waals surface area contributed by atoms with Crippen LogP contribution in [-0.2, 0) is 18.9 Å². The van der Waals surface area contributed by atoms with E-state index in [-0.39, 0.29) is 12.4 Å². The Kier molecular flexibility index (Phi) is 6.82. The third kappa shape index (κ3) is 4.19. The molecule has 0 bridgehead atoms. The van der Waals surface area contributed by atoms with Gasteiger partial charge in [-0.3, -0.25) is 0 Å². The Morgan fingerprint density at radius 3 is 2.94 bits per heavy atom. The van der Waals surface area contributed by atoms with E-state index in [1.165, 1.54) is 48.8 Å². The van der Waals surface area contributed by atoms with Gasteiger partial charge in [0.1, 0.15) is 0 Å². The predicted molar refractivity (Wildman–Crippen MR) is 129 cm³/mol. The van der Waals surface area contributed by atoms with Gasteiger partial charge in [0.2, 0.25) is 5.82 Å². The zero-order valence-corrected chi connectivity index (χ0v) is 21.0. The number of oxazole rings is 1. The van der Waals surface area contributed by atoms with Gasteiger partial charge >= 0.3 is 0 Å². The molecule has 1 unspecified atom stereocenters. The molecular formula is C22H27BrClN5OS. The maximum atomic E-state index is 5.46. The van der Waals surface area contributed by atoms with Crippen LogP contribution in [0.15, 0.2) is 38.6 Å². The minimum atomic E-state index is 0. The molecule has 2 aliphatic rings. The first-order chi connectivity index (χ1) is 14.6. The number of nitrogens with zero attached hydrogens (tertiary/aromatic N) is 5. The molecule has 166 valence electrons. The van der Waals surface area contributed by atoms with E-state index in [1.807, 2.05) is 18.5 Å². The third-order valence-electron chi connectivity index (χ3n) is 6.61. The standard InChI is InChI=1S/C22H26BrN5OS.ClH/c1-15-19(29-14-24-15)20-25-26-21(27(20)2)30-12-4-10-28-11-9-22(13-28)8-7-16-17(22)5-3-6-18(16)23;/h3,5-6,14H,4,7-13H2,1-2H3;1H. The second-order valence-electron chi connectivity index (χ2n) is 8.41. The normalized spacial score (nSPS) is 20.4. The molecular weight excluding hydrogens is 498 g/mol. The molecule has 1 fully saturated rings. The van der Waals surface area contributed by atoms with E-state index in [0.29, 0.717) is 11.2 Å². The summed E-state index contributed by atoms with van der Waals surface area (Å²) in [5.74, 6) is 2.47. The maximum absolute atomic E-state index is 5.46. The molecule has 1 atom stereocenters. The molecule has 9 heteroatoms. The zero-order chi connectivity index (χ0) is 20.7. The first kappa shape index (κ1) is 22.8. The lowest BCUT2D eigenvalue weighted by Crippen LogP contribution is -2.29. The van der Waals surface area contributed by atoms with Crippen molar-refractivity contribution in [3.05, 3.63) is 45.9 Å². The summed E-state index contributed by atoms with van der Waals surface area (Å²) in [7, 11) is 1.99. The quantitative estimate of drug-likeness (QED) is 0.333. The summed E-state index contributed by atoms with van der Waals surface area (Å²) in [4.78, 5) is 6.80. The number of hydrogen-bond donors (Lipinski definition) is 0. The summed E-state index contributed by atoms with van der Waals surface area (Å²) in [5, 5.41) is 9.56. The van der Waals surface area contributed by atoms with Crippen molar-refractivity contribution < 1.29 is 4.42 Å². The Morgan fingerprint density at radius 2 is 2.13 bits per heavy atom. The van der Waals surface area contributed by atoms with Crippen molar-refractivity contribution in [1.29, 1.82) is 0 Å². The van der Waals surface area contributed by atoms with Crippen LogP contribution in [0.25, 0.3) is 11.6 Å². The summed E-state index contributed by atoms with van der Waals surface area (Å²) in [5.41, 5.74) is 4.34. The summed E-state index contributed by atoms with van der Waals surface area (Å²) >= 11 is 5.51. The number of fused-ring (bicyclic) bond motifs is 2. The molecule has 0 amide bonds. The average Bonchev–Trinajstić information content (AvgIpc) is 3.50. The smallest absolute Gasteiger partial charge is 0.202 e. The van der Waals surface area contributed by atoms with Crippen LogP contribution in [0.4, 0.5) is 0 Å². The molecule has 5 rings (SSSR count). The summed E-state index contributed by atoms with van der Waals surface area (Å²) < 4.78 is 8.75. The van der Waals surface area contributed by atoms with Crippen LogP contribution in [-0.4, -0.2) is 50.0 Å². The van der Waals surface area contributed by atoms with E-state index >= 15 is 0 Å². The van der Waals surface area contributed by atoms with Gasteiger partial charge in [-0.1, -0.05) is 39.8 Å². The second-order valence-corrected chi connectivity index (χ2v) is 10.3. The minimum absolute atomic E-state index is 0. The van der Waals surface area contributed by atoms with Crippen LogP contribution in [0.3, 0.4) is 0 Å². The van der Waals surface area contributed by atoms with Crippen LogP contribution < -0.4 is 0 Å². The molecule has 6 nitrogen and oxygen atoms in total. The lowest BCUT2D eigenvalue weighted by molar-refractivity contribution is 0.310. The van der Waals surface area contributed by atoms with Crippen LogP contribution in [0, 0.1) is 6.92 Å². The van der Waals surface area contributed by atoms with Crippen LogP contribution in [0.5, 0.6) is 0 Å². The van der Waals surface area contributed by atoms with Gasteiger partial charge in [-0.25, -0.2) is 4.98 Å². The first-order valence-corrected chi connectivity index (χ1v) is 12.3. The van der Waals surface area contributed by atoms with Crippen molar-refractivity contribution in [1.82, 2.24) is 24.6 Å². The number of thioether (sulfide) groups is 1. The Morgan fingerprint density at radius 1 is 1.26 bits per heavy atom. The fraction of sp³-hybridized carbons (Fsp3) is 0.500. The minimum Gasteiger partial charge on any atom is -0.440 e. The van der Waals surface area contributed by atoms with Gasteiger partial charge in [0, 0.05) is 29.2 Å². The maximum Gasteiger partial charge on any atom is 0.202 e. The molecule has 1 aliphatic carbocycles. The summed E-state index contributed by atoms with van der Waals surface area (Å²) in [6.07, 6.45) is 6.39. The molecule has 0 radical (unpaired) electrons. The molecule has 31 heavy (non-hydrogen) atoms. The van der Waals surface area contributed by atoms with Gasteiger partial charge in [-0.2, -0.15) is 0 Å². The van der Waals surface area contributed by atoms with Crippen molar-refractivity contribution >= 4 is 40.1 Å². The fourth-order valence-corrected chi connectivity index (χ4v) is 6.39. The SMILES string of the molecule is Cc1ncoc1-c1nnc(SCCCN2CCC3(CCc4c(Br)cccc43)C2)n1C.Cl. The highest BCUT2D eigenvalue weighted by atomic mass is 79.9.